The number of rotatable bonds is 2. The average molecular weight is 323 g/mol. The standard InChI is InChI=1S/C21H22FNO/c1-21(24,13-12-17-8-4-2-5-9-17)18-10-11-20(19(22)16-18)23-14-6-3-7-15-23/h2,4-5,8-11,16,24H,3,6-7,14-15H2,1H3/t21-/m1/s1. The zero-order valence-corrected chi connectivity index (χ0v) is 13.9. The number of anilines is 1. The Hall–Kier alpha value is -2.31. The van der Waals surface area contributed by atoms with Crippen LogP contribution in [0.15, 0.2) is 48.5 Å². The molecule has 1 heterocycles. The summed E-state index contributed by atoms with van der Waals surface area (Å²) in [6.07, 6.45) is 3.41. The summed E-state index contributed by atoms with van der Waals surface area (Å²) in [5.41, 5.74) is 0.523. The van der Waals surface area contributed by atoms with E-state index >= 15 is 0 Å². The molecule has 0 aromatic heterocycles. The average Bonchev–Trinajstić information content (AvgIpc) is 2.61. The van der Waals surface area contributed by atoms with Crippen molar-refractivity contribution in [2.75, 3.05) is 18.0 Å². The molecule has 0 radical (unpaired) electrons. The molecule has 124 valence electrons. The fourth-order valence-electron chi connectivity index (χ4n) is 2.99. The van der Waals surface area contributed by atoms with Crippen LogP contribution in [0.1, 0.15) is 37.3 Å². The third-order valence-corrected chi connectivity index (χ3v) is 4.43. The molecule has 24 heavy (non-hydrogen) atoms. The molecule has 1 saturated heterocycles. The Morgan fingerprint density at radius 3 is 2.42 bits per heavy atom. The van der Waals surface area contributed by atoms with Gasteiger partial charge in [0.15, 0.2) is 0 Å². The molecule has 3 heteroatoms. The van der Waals surface area contributed by atoms with E-state index in [9.17, 15) is 9.50 Å². The topological polar surface area (TPSA) is 23.5 Å². The van der Waals surface area contributed by atoms with E-state index < -0.39 is 5.60 Å². The summed E-state index contributed by atoms with van der Waals surface area (Å²) in [4.78, 5) is 2.08. The Kier molecular flexibility index (Phi) is 4.87. The molecule has 3 rings (SSSR count). The van der Waals surface area contributed by atoms with Crippen LogP contribution >= 0.6 is 0 Å². The van der Waals surface area contributed by atoms with Gasteiger partial charge in [-0.25, -0.2) is 4.39 Å². The van der Waals surface area contributed by atoms with Crippen LogP contribution < -0.4 is 4.90 Å². The zero-order chi connectivity index (χ0) is 17.0. The van der Waals surface area contributed by atoms with Crippen LogP contribution in [0.25, 0.3) is 0 Å². The number of piperidine rings is 1. The number of hydrogen-bond donors (Lipinski definition) is 1. The molecule has 0 amide bonds. The number of halogens is 1. The van der Waals surface area contributed by atoms with Gasteiger partial charge in [-0.3, -0.25) is 0 Å². The van der Waals surface area contributed by atoms with Crippen LogP contribution in [0.2, 0.25) is 0 Å². The van der Waals surface area contributed by atoms with Gasteiger partial charge in [-0.2, -0.15) is 0 Å². The van der Waals surface area contributed by atoms with Gasteiger partial charge in [-0.05, 0) is 56.0 Å². The minimum absolute atomic E-state index is 0.295. The first-order chi connectivity index (χ1) is 11.6. The molecule has 0 aliphatic carbocycles. The third kappa shape index (κ3) is 3.77. The highest BCUT2D eigenvalue weighted by molar-refractivity contribution is 5.51. The van der Waals surface area contributed by atoms with Gasteiger partial charge in [0.05, 0.1) is 5.69 Å². The van der Waals surface area contributed by atoms with E-state index in [0.717, 1.165) is 31.5 Å². The summed E-state index contributed by atoms with van der Waals surface area (Å²) in [6.45, 7) is 3.37. The fourth-order valence-corrected chi connectivity index (χ4v) is 2.99. The van der Waals surface area contributed by atoms with Crippen molar-refractivity contribution in [3.63, 3.8) is 0 Å². The summed E-state index contributed by atoms with van der Waals surface area (Å²) in [5, 5.41) is 10.6. The van der Waals surface area contributed by atoms with Gasteiger partial charge < -0.3 is 10.0 Å². The van der Waals surface area contributed by atoms with Gasteiger partial charge in [0, 0.05) is 18.7 Å². The predicted molar refractivity (Wildman–Crippen MR) is 95.4 cm³/mol. The Morgan fingerprint density at radius 2 is 1.75 bits per heavy atom. The summed E-state index contributed by atoms with van der Waals surface area (Å²) >= 11 is 0. The molecule has 1 fully saturated rings. The van der Waals surface area contributed by atoms with E-state index in [0.29, 0.717) is 11.3 Å². The van der Waals surface area contributed by atoms with E-state index in [2.05, 4.69) is 16.7 Å². The lowest BCUT2D eigenvalue weighted by Gasteiger charge is -2.29. The van der Waals surface area contributed by atoms with Crippen molar-refractivity contribution in [3.8, 4) is 11.8 Å². The van der Waals surface area contributed by atoms with E-state index in [-0.39, 0.29) is 5.82 Å². The van der Waals surface area contributed by atoms with Crippen molar-refractivity contribution in [2.45, 2.75) is 31.8 Å². The van der Waals surface area contributed by atoms with Gasteiger partial charge in [-0.15, -0.1) is 0 Å². The van der Waals surface area contributed by atoms with Crippen LogP contribution in [0.5, 0.6) is 0 Å². The highest BCUT2D eigenvalue weighted by Crippen LogP contribution is 2.28. The van der Waals surface area contributed by atoms with Crippen molar-refractivity contribution in [2.24, 2.45) is 0 Å². The minimum atomic E-state index is -1.39. The maximum Gasteiger partial charge on any atom is 0.148 e. The number of benzene rings is 2. The largest absolute Gasteiger partial charge is 0.374 e. The second-order valence-corrected chi connectivity index (χ2v) is 6.40. The Bertz CT molecular complexity index is 752. The molecule has 1 aliphatic rings. The van der Waals surface area contributed by atoms with E-state index in [1.807, 2.05) is 30.3 Å². The molecule has 0 spiro atoms. The van der Waals surface area contributed by atoms with E-state index in [1.54, 1.807) is 19.1 Å². The number of aliphatic hydroxyl groups is 1. The van der Waals surface area contributed by atoms with Gasteiger partial charge in [0.2, 0.25) is 0 Å². The molecule has 1 N–H and O–H groups in total. The summed E-state index contributed by atoms with van der Waals surface area (Å²) in [6, 6.07) is 14.4. The van der Waals surface area contributed by atoms with Crippen LogP contribution in [0, 0.1) is 17.7 Å². The lowest BCUT2D eigenvalue weighted by molar-refractivity contribution is 0.122. The van der Waals surface area contributed by atoms with Crippen LogP contribution in [0.3, 0.4) is 0 Å². The van der Waals surface area contributed by atoms with Crippen molar-refractivity contribution in [3.05, 3.63) is 65.5 Å². The third-order valence-electron chi connectivity index (χ3n) is 4.43. The molecule has 1 atom stereocenters. The van der Waals surface area contributed by atoms with Gasteiger partial charge >= 0.3 is 0 Å². The van der Waals surface area contributed by atoms with Crippen LogP contribution in [-0.4, -0.2) is 18.2 Å². The smallest absolute Gasteiger partial charge is 0.148 e. The Morgan fingerprint density at radius 1 is 1.04 bits per heavy atom. The molecule has 0 bridgehead atoms. The van der Waals surface area contributed by atoms with Gasteiger partial charge in [0.1, 0.15) is 11.4 Å². The SMILES string of the molecule is C[C@@](O)(C#Cc1ccccc1)c1ccc(N2CCCCC2)c(F)c1. The minimum Gasteiger partial charge on any atom is -0.374 e. The van der Waals surface area contributed by atoms with Crippen molar-refractivity contribution >= 4 is 5.69 Å². The second kappa shape index (κ2) is 7.07. The maximum atomic E-state index is 14.5. The van der Waals surface area contributed by atoms with E-state index in [4.69, 9.17) is 0 Å². The predicted octanol–water partition coefficient (Wildman–Crippen LogP) is 4.08. The maximum absolute atomic E-state index is 14.5. The molecule has 1 aliphatic heterocycles. The summed E-state index contributed by atoms with van der Waals surface area (Å²) < 4.78 is 14.5. The van der Waals surface area contributed by atoms with Gasteiger partial charge in [-0.1, -0.05) is 36.1 Å². The zero-order valence-electron chi connectivity index (χ0n) is 13.9. The molecule has 2 aromatic carbocycles. The highest BCUT2D eigenvalue weighted by Gasteiger charge is 2.23. The summed E-state index contributed by atoms with van der Waals surface area (Å²) in [7, 11) is 0. The van der Waals surface area contributed by atoms with Crippen LogP contribution in [0.4, 0.5) is 10.1 Å². The lowest BCUT2D eigenvalue weighted by Crippen LogP contribution is -2.30. The molecule has 0 unspecified atom stereocenters. The lowest BCUT2D eigenvalue weighted by atomic mass is 9.95. The van der Waals surface area contributed by atoms with Gasteiger partial charge in [0.25, 0.3) is 0 Å². The molecular formula is C21H22FNO. The first-order valence-electron chi connectivity index (χ1n) is 8.42. The first kappa shape index (κ1) is 16.5. The van der Waals surface area contributed by atoms with Crippen LogP contribution in [-0.2, 0) is 5.60 Å². The quantitative estimate of drug-likeness (QED) is 0.842. The number of nitrogens with zero attached hydrogens (tertiary/aromatic N) is 1. The molecule has 0 saturated carbocycles. The van der Waals surface area contributed by atoms with Crippen molar-refractivity contribution in [1.29, 1.82) is 0 Å². The van der Waals surface area contributed by atoms with E-state index in [1.165, 1.54) is 12.5 Å². The highest BCUT2D eigenvalue weighted by atomic mass is 19.1. The Labute approximate surface area is 142 Å². The molecular weight excluding hydrogens is 301 g/mol. The Balaban J connectivity index is 1.83. The first-order valence-corrected chi connectivity index (χ1v) is 8.42. The normalized spacial score (nSPS) is 16.9. The number of hydrogen-bond acceptors (Lipinski definition) is 2. The molecule has 2 aromatic rings. The van der Waals surface area contributed by atoms with Crippen molar-refractivity contribution in [1.82, 2.24) is 0 Å². The summed E-state index contributed by atoms with van der Waals surface area (Å²) in [5.74, 6) is 5.50. The molecule has 2 nitrogen and oxygen atoms in total. The fraction of sp³-hybridized carbons (Fsp3) is 0.333. The van der Waals surface area contributed by atoms with Crippen molar-refractivity contribution < 1.29 is 9.50 Å². The second-order valence-electron chi connectivity index (χ2n) is 6.40. The monoisotopic (exact) mass is 323 g/mol.